The number of amides is 3. The summed E-state index contributed by atoms with van der Waals surface area (Å²) >= 11 is 0. The number of esters is 1. The lowest BCUT2D eigenvalue weighted by Crippen LogP contribution is -2.38. The molecule has 2 aliphatic heterocycles. The maximum Gasteiger partial charge on any atom is 0.338 e. The van der Waals surface area contributed by atoms with Crippen LogP contribution in [0.5, 0.6) is 0 Å². The quantitative estimate of drug-likeness (QED) is 0.434. The molecular formula is C27H22N2O5. The van der Waals surface area contributed by atoms with E-state index >= 15 is 0 Å². The van der Waals surface area contributed by atoms with Gasteiger partial charge >= 0.3 is 5.97 Å². The standard InChI is InChI=1S/C27H22N2O5/c1-17-13-19-9-5-6-10-23(19)29(17)24(30)16-34-27(33)20-11-12-21-22(14-20)26(32)28(25(21)31)15-18-7-3-2-4-8-18/h2-12,14,17H,13,15-16H2,1H3. The van der Waals surface area contributed by atoms with Crippen LogP contribution in [0.15, 0.2) is 72.8 Å². The third-order valence-electron chi connectivity index (χ3n) is 6.19. The summed E-state index contributed by atoms with van der Waals surface area (Å²) < 4.78 is 5.27. The molecule has 2 heterocycles. The van der Waals surface area contributed by atoms with E-state index in [0.29, 0.717) is 0 Å². The molecule has 0 bridgehead atoms. The van der Waals surface area contributed by atoms with Crippen LogP contribution in [0.1, 0.15) is 49.1 Å². The smallest absolute Gasteiger partial charge is 0.338 e. The van der Waals surface area contributed by atoms with Gasteiger partial charge in [-0.25, -0.2) is 4.79 Å². The van der Waals surface area contributed by atoms with E-state index in [1.54, 1.807) is 4.90 Å². The first-order valence-corrected chi connectivity index (χ1v) is 11.1. The number of fused-ring (bicyclic) bond motifs is 2. The van der Waals surface area contributed by atoms with E-state index in [2.05, 4.69) is 0 Å². The van der Waals surface area contributed by atoms with E-state index in [1.807, 2.05) is 61.5 Å². The van der Waals surface area contributed by atoms with Crippen molar-refractivity contribution in [2.24, 2.45) is 0 Å². The van der Waals surface area contributed by atoms with Crippen molar-refractivity contribution in [1.29, 1.82) is 0 Å². The highest BCUT2D eigenvalue weighted by Gasteiger charge is 2.36. The first kappa shape index (κ1) is 21.6. The van der Waals surface area contributed by atoms with Crippen LogP contribution in [0.4, 0.5) is 5.69 Å². The highest BCUT2D eigenvalue weighted by Crippen LogP contribution is 2.32. The molecule has 7 nitrogen and oxygen atoms in total. The minimum atomic E-state index is -0.724. The van der Waals surface area contributed by atoms with Gasteiger partial charge in [-0.1, -0.05) is 48.5 Å². The Morgan fingerprint density at radius 2 is 1.62 bits per heavy atom. The van der Waals surface area contributed by atoms with Crippen LogP contribution in [0.2, 0.25) is 0 Å². The lowest BCUT2D eigenvalue weighted by atomic mass is 10.1. The fraction of sp³-hybridized carbons (Fsp3) is 0.185. The second-order valence-corrected chi connectivity index (χ2v) is 8.46. The Bertz CT molecular complexity index is 1320. The molecule has 0 aliphatic carbocycles. The molecule has 34 heavy (non-hydrogen) atoms. The highest BCUT2D eigenvalue weighted by atomic mass is 16.5. The largest absolute Gasteiger partial charge is 0.452 e. The molecule has 170 valence electrons. The summed E-state index contributed by atoms with van der Waals surface area (Å²) in [4.78, 5) is 53.8. The van der Waals surface area contributed by atoms with Gasteiger partial charge in [-0.15, -0.1) is 0 Å². The van der Waals surface area contributed by atoms with Crippen molar-refractivity contribution in [1.82, 2.24) is 4.90 Å². The Balaban J connectivity index is 1.27. The first-order chi connectivity index (χ1) is 16.4. The van der Waals surface area contributed by atoms with Gasteiger partial charge in [0.2, 0.25) is 0 Å². The van der Waals surface area contributed by atoms with Crippen LogP contribution in [-0.4, -0.2) is 41.2 Å². The van der Waals surface area contributed by atoms with Crippen molar-refractivity contribution in [2.45, 2.75) is 25.9 Å². The molecule has 0 aromatic heterocycles. The molecule has 0 radical (unpaired) electrons. The van der Waals surface area contributed by atoms with E-state index in [9.17, 15) is 19.2 Å². The second-order valence-electron chi connectivity index (χ2n) is 8.46. The van der Waals surface area contributed by atoms with Crippen LogP contribution in [0.25, 0.3) is 0 Å². The lowest BCUT2D eigenvalue weighted by molar-refractivity contribution is -0.122. The number of rotatable bonds is 5. The maximum absolute atomic E-state index is 12.9. The number of para-hydroxylation sites is 1. The van der Waals surface area contributed by atoms with Crippen LogP contribution in [0.3, 0.4) is 0 Å². The number of carbonyl (C=O) groups excluding carboxylic acids is 4. The molecule has 3 aromatic carbocycles. The van der Waals surface area contributed by atoms with Crippen molar-refractivity contribution in [3.63, 3.8) is 0 Å². The van der Waals surface area contributed by atoms with Gasteiger partial charge in [-0.2, -0.15) is 0 Å². The Hall–Kier alpha value is -4.26. The molecule has 0 fully saturated rings. The third kappa shape index (κ3) is 3.75. The number of carbonyl (C=O) groups is 4. The minimum absolute atomic E-state index is 0.0252. The Morgan fingerprint density at radius 1 is 0.912 bits per heavy atom. The van der Waals surface area contributed by atoms with Gasteiger partial charge in [0.25, 0.3) is 17.7 Å². The fourth-order valence-electron chi connectivity index (χ4n) is 4.55. The number of anilines is 1. The average Bonchev–Trinajstić information content (AvgIpc) is 3.31. The summed E-state index contributed by atoms with van der Waals surface area (Å²) in [5.74, 6) is -1.90. The van der Waals surface area contributed by atoms with Crippen molar-refractivity contribution in [2.75, 3.05) is 11.5 Å². The first-order valence-electron chi connectivity index (χ1n) is 11.1. The molecular weight excluding hydrogens is 432 g/mol. The molecule has 0 spiro atoms. The van der Waals surface area contributed by atoms with E-state index in [1.165, 1.54) is 18.2 Å². The number of benzene rings is 3. The molecule has 1 atom stereocenters. The van der Waals surface area contributed by atoms with E-state index in [4.69, 9.17) is 4.74 Å². The summed E-state index contributed by atoms with van der Waals surface area (Å²) in [5, 5.41) is 0. The van der Waals surface area contributed by atoms with Crippen LogP contribution >= 0.6 is 0 Å². The molecule has 1 unspecified atom stereocenters. The van der Waals surface area contributed by atoms with Gasteiger partial charge in [-0.3, -0.25) is 19.3 Å². The molecule has 3 aromatic rings. The third-order valence-corrected chi connectivity index (χ3v) is 6.19. The van der Waals surface area contributed by atoms with Gasteiger partial charge in [0.05, 0.1) is 23.2 Å². The van der Waals surface area contributed by atoms with Gasteiger partial charge in [0, 0.05) is 11.7 Å². The number of ether oxygens (including phenoxy) is 1. The molecule has 2 aliphatic rings. The lowest BCUT2D eigenvalue weighted by Gasteiger charge is -2.22. The zero-order valence-corrected chi connectivity index (χ0v) is 18.6. The van der Waals surface area contributed by atoms with Crippen LogP contribution in [-0.2, 0) is 22.5 Å². The predicted molar refractivity (Wildman–Crippen MR) is 124 cm³/mol. The molecule has 3 amide bonds. The Morgan fingerprint density at radius 3 is 2.41 bits per heavy atom. The van der Waals surface area contributed by atoms with Gasteiger partial charge in [0.15, 0.2) is 6.61 Å². The van der Waals surface area contributed by atoms with Crippen molar-refractivity contribution in [3.05, 3.63) is 101 Å². The summed E-state index contributed by atoms with van der Waals surface area (Å²) in [6.07, 6.45) is 0.746. The fourth-order valence-corrected chi connectivity index (χ4v) is 4.55. The van der Waals surface area contributed by atoms with E-state index in [0.717, 1.165) is 28.1 Å². The van der Waals surface area contributed by atoms with E-state index in [-0.39, 0.29) is 35.2 Å². The number of hydrogen-bond acceptors (Lipinski definition) is 5. The maximum atomic E-state index is 12.9. The van der Waals surface area contributed by atoms with Crippen molar-refractivity contribution >= 4 is 29.4 Å². The Labute approximate surface area is 196 Å². The summed E-state index contributed by atoms with van der Waals surface area (Å²) in [6, 6.07) is 21.1. The van der Waals surface area contributed by atoms with Gasteiger partial charge in [0.1, 0.15) is 0 Å². The summed E-state index contributed by atoms with van der Waals surface area (Å²) in [7, 11) is 0. The second kappa shape index (κ2) is 8.59. The average molecular weight is 454 g/mol. The van der Waals surface area contributed by atoms with Gasteiger partial charge in [-0.05, 0) is 48.7 Å². The van der Waals surface area contributed by atoms with E-state index < -0.39 is 24.4 Å². The predicted octanol–water partition coefficient (Wildman–Crippen LogP) is 3.62. The summed E-state index contributed by atoms with van der Waals surface area (Å²) in [5.41, 5.74) is 3.25. The number of nitrogens with zero attached hydrogens (tertiary/aromatic N) is 2. The molecule has 0 N–H and O–H groups in total. The molecule has 7 heteroatoms. The number of hydrogen-bond donors (Lipinski definition) is 0. The SMILES string of the molecule is CC1Cc2ccccc2N1C(=O)COC(=O)c1ccc2c(c1)C(=O)N(Cc1ccccc1)C2=O. The molecule has 5 rings (SSSR count). The normalized spacial score (nSPS) is 16.4. The Kier molecular flexibility index (Phi) is 5.45. The number of imide groups is 1. The van der Waals surface area contributed by atoms with Crippen molar-refractivity contribution < 1.29 is 23.9 Å². The van der Waals surface area contributed by atoms with Crippen LogP contribution in [0, 0.1) is 0 Å². The monoisotopic (exact) mass is 454 g/mol. The summed E-state index contributed by atoms with van der Waals surface area (Å²) in [6.45, 7) is 1.68. The van der Waals surface area contributed by atoms with Crippen LogP contribution < -0.4 is 4.90 Å². The highest BCUT2D eigenvalue weighted by molar-refractivity contribution is 6.21. The molecule has 0 saturated carbocycles. The van der Waals surface area contributed by atoms with Gasteiger partial charge < -0.3 is 9.64 Å². The van der Waals surface area contributed by atoms with Crippen molar-refractivity contribution in [3.8, 4) is 0 Å². The topological polar surface area (TPSA) is 84.0 Å². The minimum Gasteiger partial charge on any atom is -0.452 e. The zero-order chi connectivity index (χ0) is 23.8. The zero-order valence-electron chi connectivity index (χ0n) is 18.6. The molecule has 0 saturated heterocycles.